The first-order valence-electron chi connectivity index (χ1n) is 7.43. The lowest BCUT2D eigenvalue weighted by molar-refractivity contribution is 0.0924. The number of rotatable bonds is 3. The molecule has 2 N–H and O–H groups in total. The number of carbonyl (C=O) groups is 2. The second-order valence-corrected chi connectivity index (χ2v) is 6.10. The van der Waals surface area contributed by atoms with Crippen LogP contribution in [0.15, 0.2) is 24.5 Å². The summed E-state index contributed by atoms with van der Waals surface area (Å²) < 4.78 is 1.71. The van der Waals surface area contributed by atoms with Gasteiger partial charge < -0.3 is 19.7 Å². The second-order valence-electron chi connectivity index (χ2n) is 5.66. The van der Waals surface area contributed by atoms with Crippen LogP contribution in [0.1, 0.15) is 23.3 Å². The third-order valence-corrected chi connectivity index (χ3v) is 4.31. The van der Waals surface area contributed by atoms with Crippen LogP contribution in [0, 0.1) is 5.92 Å². The monoisotopic (exact) mass is 336 g/mol. The van der Waals surface area contributed by atoms with Gasteiger partial charge >= 0.3 is 6.09 Å². The highest BCUT2D eigenvalue weighted by Crippen LogP contribution is 2.17. The number of halogens is 1. The van der Waals surface area contributed by atoms with Gasteiger partial charge in [-0.15, -0.1) is 0 Å². The molecule has 0 radical (unpaired) electrons. The van der Waals surface area contributed by atoms with Crippen molar-refractivity contribution in [2.24, 2.45) is 5.92 Å². The fourth-order valence-electron chi connectivity index (χ4n) is 2.73. The first kappa shape index (κ1) is 15.6. The van der Waals surface area contributed by atoms with Gasteiger partial charge in [0.15, 0.2) is 0 Å². The van der Waals surface area contributed by atoms with Crippen LogP contribution in [-0.2, 0) is 0 Å². The number of fused-ring (bicyclic) bond motifs is 1. The van der Waals surface area contributed by atoms with Gasteiger partial charge in [0.1, 0.15) is 11.3 Å². The fraction of sp³-hybridized carbons (Fsp3) is 0.400. The standard InChI is InChI=1S/C15H17ClN4O3/c16-11-1-2-13-18-12(9-20(13)8-11)14(21)17-7-10-3-5-19(6-4-10)15(22)23/h1-2,8-10H,3-7H2,(H,17,21)(H,22,23). The van der Waals surface area contributed by atoms with Gasteiger partial charge in [0, 0.05) is 32.0 Å². The number of pyridine rings is 1. The van der Waals surface area contributed by atoms with E-state index in [1.807, 2.05) is 0 Å². The molecule has 0 unspecified atom stereocenters. The topological polar surface area (TPSA) is 86.9 Å². The molecule has 2 aromatic rings. The Bertz CT molecular complexity index is 737. The molecule has 1 aliphatic heterocycles. The Kier molecular flexibility index (Phi) is 4.38. The predicted octanol–water partition coefficient (Wildman–Crippen LogP) is 2.11. The van der Waals surface area contributed by atoms with Crippen molar-refractivity contribution < 1.29 is 14.7 Å². The third kappa shape index (κ3) is 3.56. The zero-order chi connectivity index (χ0) is 16.4. The largest absolute Gasteiger partial charge is 0.465 e. The first-order chi connectivity index (χ1) is 11.0. The quantitative estimate of drug-likeness (QED) is 0.898. The third-order valence-electron chi connectivity index (χ3n) is 4.08. The van der Waals surface area contributed by atoms with Crippen molar-refractivity contribution in [3.8, 4) is 0 Å². The Balaban J connectivity index is 1.56. The van der Waals surface area contributed by atoms with Crippen molar-refractivity contribution >= 4 is 29.2 Å². The summed E-state index contributed by atoms with van der Waals surface area (Å²) >= 11 is 5.91. The molecular formula is C15H17ClN4O3. The summed E-state index contributed by atoms with van der Waals surface area (Å²) in [4.78, 5) is 28.7. The number of hydrogen-bond acceptors (Lipinski definition) is 3. The van der Waals surface area contributed by atoms with Crippen molar-refractivity contribution in [1.82, 2.24) is 19.6 Å². The van der Waals surface area contributed by atoms with Crippen LogP contribution in [0.25, 0.3) is 5.65 Å². The number of carboxylic acid groups (broad SMARTS) is 1. The molecule has 2 amide bonds. The molecule has 0 atom stereocenters. The van der Waals surface area contributed by atoms with Crippen LogP contribution < -0.4 is 5.32 Å². The maximum Gasteiger partial charge on any atom is 0.407 e. The van der Waals surface area contributed by atoms with Crippen molar-refractivity contribution in [3.63, 3.8) is 0 Å². The molecule has 1 saturated heterocycles. The van der Waals surface area contributed by atoms with E-state index in [2.05, 4.69) is 10.3 Å². The van der Waals surface area contributed by atoms with Gasteiger partial charge in [0.05, 0.1) is 5.02 Å². The normalized spacial score (nSPS) is 15.8. The van der Waals surface area contributed by atoms with E-state index >= 15 is 0 Å². The summed E-state index contributed by atoms with van der Waals surface area (Å²) in [7, 11) is 0. The first-order valence-corrected chi connectivity index (χ1v) is 7.81. The van der Waals surface area contributed by atoms with E-state index in [0.717, 1.165) is 12.8 Å². The van der Waals surface area contributed by atoms with Crippen LogP contribution >= 0.6 is 11.6 Å². The van der Waals surface area contributed by atoms with Crippen molar-refractivity contribution in [3.05, 3.63) is 35.2 Å². The molecule has 3 rings (SSSR count). The molecule has 2 aromatic heterocycles. The Morgan fingerprint density at radius 2 is 2.04 bits per heavy atom. The van der Waals surface area contributed by atoms with Crippen LogP contribution in [0.4, 0.5) is 4.79 Å². The average molecular weight is 337 g/mol. The summed E-state index contributed by atoms with van der Waals surface area (Å²) in [6, 6.07) is 3.47. The zero-order valence-electron chi connectivity index (χ0n) is 12.4. The Hall–Kier alpha value is -2.28. The van der Waals surface area contributed by atoms with Gasteiger partial charge in [0.25, 0.3) is 5.91 Å². The minimum atomic E-state index is -0.879. The molecule has 8 heteroatoms. The molecule has 0 aliphatic carbocycles. The maximum atomic E-state index is 12.2. The molecule has 3 heterocycles. The van der Waals surface area contributed by atoms with Crippen molar-refractivity contribution in [2.75, 3.05) is 19.6 Å². The molecule has 23 heavy (non-hydrogen) atoms. The number of nitrogens with one attached hydrogen (secondary N) is 1. The number of imidazole rings is 1. The average Bonchev–Trinajstić information content (AvgIpc) is 2.96. The highest BCUT2D eigenvalue weighted by molar-refractivity contribution is 6.30. The predicted molar refractivity (Wildman–Crippen MR) is 84.9 cm³/mol. The summed E-state index contributed by atoms with van der Waals surface area (Å²) in [5.74, 6) is 0.0616. The minimum Gasteiger partial charge on any atom is -0.465 e. The lowest BCUT2D eigenvalue weighted by Crippen LogP contribution is -2.40. The number of hydrogen-bond donors (Lipinski definition) is 2. The van der Waals surface area contributed by atoms with E-state index in [1.54, 1.807) is 28.9 Å². The van der Waals surface area contributed by atoms with Gasteiger partial charge in [-0.2, -0.15) is 0 Å². The summed E-state index contributed by atoms with van der Waals surface area (Å²) in [6.07, 6.45) is 3.97. The minimum absolute atomic E-state index is 0.231. The smallest absolute Gasteiger partial charge is 0.407 e. The SMILES string of the molecule is O=C(NCC1CCN(C(=O)O)CC1)c1cn2cc(Cl)ccc2n1. The highest BCUT2D eigenvalue weighted by atomic mass is 35.5. The number of nitrogens with zero attached hydrogens (tertiary/aromatic N) is 3. The molecule has 1 fully saturated rings. The van der Waals surface area contributed by atoms with E-state index in [4.69, 9.17) is 16.7 Å². The highest BCUT2D eigenvalue weighted by Gasteiger charge is 2.23. The summed E-state index contributed by atoms with van der Waals surface area (Å²) in [5.41, 5.74) is 1.00. The molecular weight excluding hydrogens is 320 g/mol. The fourth-order valence-corrected chi connectivity index (χ4v) is 2.90. The lowest BCUT2D eigenvalue weighted by Gasteiger charge is -2.29. The summed E-state index contributed by atoms with van der Waals surface area (Å²) in [5, 5.41) is 12.4. The van der Waals surface area contributed by atoms with Gasteiger partial charge in [0.2, 0.25) is 0 Å². The van der Waals surface area contributed by atoms with E-state index in [0.29, 0.717) is 41.9 Å². The molecule has 0 bridgehead atoms. The van der Waals surface area contributed by atoms with Crippen LogP contribution in [0.2, 0.25) is 5.02 Å². The molecule has 0 saturated carbocycles. The van der Waals surface area contributed by atoms with E-state index in [-0.39, 0.29) is 5.91 Å². The van der Waals surface area contributed by atoms with E-state index < -0.39 is 6.09 Å². The zero-order valence-corrected chi connectivity index (χ0v) is 13.2. The maximum absolute atomic E-state index is 12.2. The molecule has 1 aliphatic rings. The Morgan fingerprint density at radius 1 is 1.30 bits per heavy atom. The molecule has 122 valence electrons. The van der Waals surface area contributed by atoms with E-state index in [9.17, 15) is 9.59 Å². The molecule has 0 spiro atoms. The van der Waals surface area contributed by atoms with Crippen molar-refractivity contribution in [1.29, 1.82) is 0 Å². The molecule has 7 nitrogen and oxygen atoms in total. The Morgan fingerprint density at radius 3 is 2.74 bits per heavy atom. The van der Waals surface area contributed by atoms with Crippen LogP contribution in [0.3, 0.4) is 0 Å². The second kappa shape index (κ2) is 6.45. The van der Waals surface area contributed by atoms with E-state index in [1.165, 1.54) is 4.90 Å². The van der Waals surface area contributed by atoms with Gasteiger partial charge in [-0.05, 0) is 30.9 Å². The number of likely N-dealkylation sites (tertiary alicyclic amines) is 1. The number of carbonyl (C=O) groups excluding carboxylic acids is 1. The lowest BCUT2D eigenvalue weighted by atomic mass is 9.97. The van der Waals surface area contributed by atoms with Crippen LogP contribution in [0.5, 0.6) is 0 Å². The molecule has 0 aromatic carbocycles. The number of piperidine rings is 1. The number of aromatic nitrogens is 2. The Labute approximate surface area is 137 Å². The van der Waals surface area contributed by atoms with Gasteiger partial charge in [-0.25, -0.2) is 9.78 Å². The van der Waals surface area contributed by atoms with Gasteiger partial charge in [-0.1, -0.05) is 11.6 Å². The van der Waals surface area contributed by atoms with Crippen LogP contribution in [-0.4, -0.2) is 51.0 Å². The van der Waals surface area contributed by atoms with Crippen molar-refractivity contribution in [2.45, 2.75) is 12.8 Å². The summed E-state index contributed by atoms with van der Waals surface area (Å²) in [6.45, 7) is 1.56. The number of amides is 2. The van der Waals surface area contributed by atoms with Gasteiger partial charge in [-0.3, -0.25) is 4.79 Å².